The number of aromatic nitrogens is 1. The molecule has 0 aliphatic rings. The Morgan fingerprint density at radius 1 is 1.39 bits per heavy atom. The van der Waals surface area contributed by atoms with Gasteiger partial charge in [0.2, 0.25) is 5.91 Å². The Kier molecular flexibility index (Phi) is 4.09. The fraction of sp³-hybridized carbons (Fsp3) is 0.0769. The Morgan fingerprint density at radius 3 is 2.78 bits per heavy atom. The van der Waals surface area contributed by atoms with Crippen molar-refractivity contribution in [2.24, 2.45) is 0 Å². The minimum atomic E-state index is -0.194. The number of anilines is 1. The lowest BCUT2D eigenvalue weighted by molar-refractivity contribution is -0.111. The molecular formula is C13H12N2O2S. The second-order valence-electron chi connectivity index (χ2n) is 3.43. The van der Waals surface area contributed by atoms with E-state index in [9.17, 15) is 4.79 Å². The molecule has 2 rings (SSSR count). The van der Waals surface area contributed by atoms with Crippen LogP contribution in [0.2, 0.25) is 0 Å². The molecule has 1 N–H and O–H groups in total. The number of hydrogen-bond acceptors (Lipinski definition) is 4. The number of rotatable bonds is 4. The SMILES string of the molecule is COc1ccc(/C=C/C(=O)Nc2nccs2)cc1. The number of hydrogen-bond donors (Lipinski definition) is 1. The smallest absolute Gasteiger partial charge is 0.250 e. The van der Waals surface area contributed by atoms with Crippen LogP contribution in [0.1, 0.15) is 5.56 Å². The summed E-state index contributed by atoms with van der Waals surface area (Å²) in [4.78, 5) is 15.5. The zero-order valence-electron chi connectivity index (χ0n) is 9.79. The van der Waals surface area contributed by atoms with Gasteiger partial charge in [0, 0.05) is 17.7 Å². The molecule has 0 aliphatic carbocycles. The van der Waals surface area contributed by atoms with E-state index in [0.717, 1.165) is 11.3 Å². The number of thiazole rings is 1. The highest BCUT2D eigenvalue weighted by Crippen LogP contribution is 2.13. The van der Waals surface area contributed by atoms with E-state index < -0.39 is 0 Å². The van der Waals surface area contributed by atoms with Crippen LogP contribution >= 0.6 is 11.3 Å². The van der Waals surface area contributed by atoms with Crippen molar-refractivity contribution in [3.63, 3.8) is 0 Å². The molecule has 92 valence electrons. The lowest BCUT2D eigenvalue weighted by Gasteiger charge is -1.99. The zero-order valence-corrected chi connectivity index (χ0v) is 10.6. The number of nitrogens with zero attached hydrogens (tertiary/aromatic N) is 1. The lowest BCUT2D eigenvalue weighted by Crippen LogP contribution is -2.06. The Hall–Kier alpha value is -2.14. The molecule has 0 fully saturated rings. The first-order valence-electron chi connectivity index (χ1n) is 5.30. The van der Waals surface area contributed by atoms with Gasteiger partial charge in [-0.25, -0.2) is 4.98 Å². The van der Waals surface area contributed by atoms with Gasteiger partial charge in [-0.3, -0.25) is 10.1 Å². The molecule has 0 spiro atoms. The number of methoxy groups -OCH3 is 1. The Balaban J connectivity index is 1.95. The fourth-order valence-electron chi connectivity index (χ4n) is 1.32. The maximum Gasteiger partial charge on any atom is 0.250 e. The molecule has 0 radical (unpaired) electrons. The van der Waals surface area contributed by atoms with E-state index >= 15 is 0 Å². The second kappa shape index (κ2) is 5.97. The number of nitrogens with one attached hydrogen (secondary N) is 1. The van der Waals surface area contributed by atoms with Gasteiger partial charge < -0.3 is 4.74 Å². The highest BCUT2D eigenvalue weighted by atomic mass is 32.1. The van der Waals surface area contributed by atoms with Crippen LogP contribution in [0.5, 0.6) is 5.75 Å². The molecule has 0 aliphatic heterocycles. The molecule has 5 heteroatoms. The first-order valence-corrected chi connectivity index (χ1v) is 6.18. The standard InChI is InChI=1S/C13H12N2O2S/c1-17-11-5-2-10(3-6-11)4-7-12(16)15-13-14-8-9-18-13/h2-9H,1H3,(H,14,15,16)/b7-4+. The molecule has 1 aromatic heterocycles. The number of benzene rings is 1. The van der Waals surface area contributed by atoms with Crippen molar-refractivity contribution >= 4 is 28.5 Å². The zero-order chi connectivity index (χ0) is 12.8. The van der Waals surface area contributed by atoms with E-state index in [2.05, 4.69) is 10.3 Å². The number of carbonyl (C=O) groups is 1. The summed E-state index contributed by atoms with van der Waals surface area (Å²) < 4.78 is 5.05. The Bertz CT molecular complexity index is 533. The van der Waals surface area contributed by atoms with Crippen LogP contribution in [0.3, 0.4) is 0 Å². The molecule has 1 amide bonds. The molecule has 1 aromatic carbocycles. The summed E-state index contributed by atoms with van der Waals surface area (Å²) in [5.74, 6) is 0.597. The van der Waals surface area contributed by atoms with Gasteiger partial charge in [0.05, 0.1) is 7.11 Å². The van der Waals surface area contributed by atoms with Crippen molar-refractivity contribution in [2.75, 3.05) is 12.4 Å². The summed E-state index contributed by atoms with van der Waals surface area (Å²) in [6.07, 6.45) is 4.86. The molecule has 2 aromatic rings. The predicted octanol–water partition coefficient (Wildman–Crippen LogP) is 2.80. The maximum absolute atomic E-state index is 11.6. The molecule has 1 heterocycles. The van der Waals surface area contributed by atoms with Crippen molar-refractivity contribution in [2.45, 2.75) is 0 Å². The number of amides is 1. The molecule has 0 saturated heterocycles. The third kappa shape index (κ3) is 3.43. The van der Waals surface area contributed by atoms with Crippen LogP contribution in [0.25, 0.3) is 6.08 Å². The van der Waals surface area contributed by atoms with E-state index in [4.69, 9.17) is 4.74 Å². The van der Waals surface area contributed by atoms with Gasteiger partial charge in [-0.15, -0.1) is 11.3 Å². The minimum Gasteiger partial charge on any atom is -0.497 e. The predicted molar refractivity (Wildman–Crippen MR) is 72.8 cm³/mol. The molecule has 0 atom stereocenters. The van der Waals surface area contributed by atoms with Crippen molar-refractivity contribution in [1.82, 2.24) is 4.98 Å². The third-order valence-electron chi connectivity index (χ3n) is 2.21. The van der Waals surface area contributed by atoms with Gasteiger partial charge in [0.1, 0.15) is 5.75 Å². The van der Waals surface area contributed by atoms with Gasteiger partial charge in [0.25, 0.3) is 0 Å². The van der Waals surface area contributed by atoms with Crippen LogP contribution in [0.15, 0.2) is 41.9 Å². The number of carbonyl (C=O) groups excluding carboxylic acids is 1. The van der Waals surface area contributed by atoms with Gasteiger partial charge in [-0.2, -0.15) is 0 Å². The summed E-state index contributed by atoms with van der Waals surface area (Å²) in [7, 11) is 1.62. The van der Waals surface area contributed by atoms with E-state index in [1.54, 1.807) is 19.4 Å². The van der Waals surface area contributed by atoms with E-state index in [0.29, 0.717) is 5.13 Å². The fourth-order valence-corrected chi connectivity index (χ4v) is 1.85. The van der Waals surface area contributed by atoms with Crippen LogP contribution < -0.4 is 10.1 Å². The molecule has 4 nitrogen and oxygen atoms in total. The Labute approximate surface area is 109 Å². The monoisotopic (exact) mass is 260 g/mol. The lowest BCUT2D eigenvalue weighted by atomic mass is 10.2. The molecule has 18 heavy (non-hydrogen) atoms. The average molecular weight is 260 g/mol. The van der Waals surface area contributed by atoms with Crippen LogP contribution in [0, 0.1) is 0 Å². The van der Waals surface area contributed by atoms with Gasteiger partial charge >= 0.3 is 0 Å². The quantitative estimate of drug-likeness (QED) is 0.860. The van der Waals surface area contributed by atoms with Crippen molar-refractivity contribution in [1.29, 1.82) is 0 Å². The van der Waals surface area contributed by atoms with Crippen molar-refractivity contribution in [3.05, 3.63) is 47.5 Å². The first-order chi connectivity index (χ1) is 8.78. The van der Waals surface area contributed by atoms with E-state index in [1.165, 1.54) is 17.4 Å². The van der Waals surface area contributed by atoms with Crippen LogP contribution in [0.4, 0.5) is 5.13 Å². The molecule has 0 bridgehead atoms. The molecule has 0 saturated carbocycles. The summed E-state index contributed by atoms with van der Waals surface area (Å²) in [5.41, 5.74) is 0.935. The van der Waals surface area contributed by atoms with Gasteiger partial charge in [-0.05, 0) is 23.8 Å². The summed E-state index contributed by atoms with van der Waals surface area (Å²) in [6, 6.07) is 7.45. The van der Waals surface area contributed by atoms with E-state index in [-0.39, 0.29) is 5.91 Å². The third-order valence-corrected chi connectivity index (χ3v) is 2.89. The van der Waals surface area contributed by atoms with Crippen LogP contribution in [-0.4, -0.2) is 18.0 Å². The summed E-state index contributed by atoms with van der Waals surface area (Å²) in [5, 5.41) is 5.08. The number of ether oxygens (including phenoxy) is 1. The van der Waals surface area contributed by atoms with E-state index in [1.807, 2.05) is 29.6 Å². The summed E-state index contributed by atoms with van der Waals surface area (Å²) >= 11 is 1.38. The van der Waals surface area contributed by atoms with Crippen molar-refractivity contribution < 1.29 is 9.53 Å². The minimum absolute atomic E-state index is 0.194. The van der Waals surface area contributed by atoms with Crippen LogP contribution in [-0.2, 0) is 4.79 Å². The van der Waals surface area contributed by atoms with Crippen molar-refractivity contribution in [3.8, 4) is 5.75 Å². The normalized spacial score (nSPS) is 10.5. The molecular weight excluding hydrogens is 248 g/mol. The second-order valence-corrected chi connectivity index (χ2v) is 4.33. The average Bonchev–Trinajstić information content (AvgIpc) is 2.90. The van der Waals surface area contributed by atoms with Gasteiger partial charge in [0.15, 0.2) is 5.13 Å². The summed E-state index contributed by atoms with van der Waals surface area (Å²) in [6.45, 7) is 0. The first kappa shape index (κ1) is 12.3. The Morgan fingerprint density at radius 2 is 2.17 bits per heavy atom. The molecule has 0 unspecified atom stereocenters. The highest BCUT2D eigenvalue weighted by Gasteiger charge is 1.99. The largest absolute Gasteiger partial charge is 0.497 e. The highest BCUT2D eigenvalue weighted by molar-refractivity contribution is 7.13. The topological polar surface area (TPSA) is 51.2 Å². The maximum atomic E-state index is 11.6. The van der Waals surface area contributed by atoms with Gasteiger partial charge in [-0.1, -0.05) is 12.1 Å².